The highest BCUT2D eigenvalue weighted by Gasteiger charge is 2.51. The summed E-state index contributed by atoms with van der Waals surface area (Å²) in [4.78, 5) is 26.2. The van der Waals surface area contributed by atoms with E-state index < -0.39 is 23.7 Å². The lowest BCUT2D eigenvalue weighted by atomic mass is 9.95. The van der Waals surface area contributed by atoms with Crippen molar-refractivity contribution in [3.63, 3.8) is 0 Å². The van der Waals surface area contributed by atoms with Crippen LogP contribution in [-0.2, 0) is 15.2 Å². The Kier molecular flexibility index (Phi) is 5.20. The third kappa shape index (κ3) is 4.26. The topological polar surface area (TPSA) is 66.8 Å². The molecule has 1 amide bonds. The van der Waals surface area contributed by atoms with Gasteiger partial charge in [-0.1, -0.05) is 12.1 Å². The van der Waals surface area contributed by atoms with Gasteiger partial charge in [0.15, 0.2) is 5.60 Å². The summed E-state index contributed by atoms with van der Waals surface area (Å²) < 4.78 is 43.9. The number of carbonyl (C=O) groups is 2. The molecule has 8 heteroatoms. The highest BCUT2D eigenvalue weighted by Crippen LogP contribution is 2.39. The van der Waals surface area contributed by atoms with E-state index in [1.54, 1.807) is 4.90 Å². The van der Waals surface area contributed by atoms with Gasteiger partial charge in [-0.2, -0.15) is 13.2 Å². The van der Waals surface area contributed by atoms with Gasteiger partial charge in [-0.15, -0.1) is 0 Å². The molecule has 1 saturated heterocycles. The van der Waals surface area contributed by atoms with Crippen molar-refractivity contribution in [1.82, 2.24) is 4.90 Å². The second-order valence-electron chi connectivity index (χ2n) is 7.41. The SMILES string of the molecule is C[C@@](O)(c1ccc(OC(=O)[C@@H]2CCCN(C(=O)C3CC3)C2)cc1)C(F)(F)F. The molecule has 5 nitrogen and oxygen atoms in total. The largest absolute Gasteiger partial charge is 0.426 e. The summed E-state index contributed by atoms with van der Waals surface area (Å²) in [6.45, 7) is 1.62. The van der Waals surface area contributed by atoms with Crippen LogP contribution in [0.1, 0.15) is 38.2 Å². The Morgan fingerprint density at radius 1 is 1.11 bits per heavy atom. The van der Waals surface area contributed by atoms with Crippen LogP contribution in [0.5, 0.6) is 5.75 Å². The molecule has 27 heavy (non-hydrogen) atoms. The lowest BCUT2D eigenvalue weighted by Gasteiger charge is -2.31. The van der Waals surface area contributed by atoms with Gasteiger partial charge >= 0.3 is 12.1 Å². The maximum atomic E-state index is 12.9. The van der Waals surface area contributed by atoms with Gasteiger partial charge in [-0.05, 0) is 50.3 Å². The molecule has 0 aromatic heterocycles. The van der Waals surface area contributed by atoms with Crippen molar-refractivity contribution in [2.75, 3.05) is 13.1 Å². The molecular formula is C19H22F3NO4. The highest BCUT2D eigenvalue weighted by molar-refractivity contribution is 5.82. The fourth-order valence-corrected chi connectivity index (χ4v) is 3.17. The molecule has 0 radical (unpaired) electrons. The minimum Gasteiger partial charge on any atom is -0.426 e. The molecular weight excluding hydrogens is 363 g/mol. The molecule has 0 bridgehead atoms. The fourth-order valence-electron chi connectivity index (χ4n) is 3.17. The van der Waals surface area contributed by atoms with E-state index in [0.29, 0.717) is 32.9 Å². The molecule has 2 fully saturated rings. The molecule has 0 spiro atoms. The van der Waals surface area contributed by atoms with E-state index in [-0.39, 0.29) is 23.1 Å². The summed E-state index contributed by atoms with van der Waals surface area (Å²) >= 11 is 0. The van der Waals surface area contributed by atoms with Gasteiger partial charge in [0.25, 0.3) is 0 Å². The smallest absolute Gasteiger partial charge is 0.421 e. The molecule has 1 saturated carbocycles. The Labute approximate surface area is 155 Å². The third-order valence-electron chi connectivity index (χ3n) is 5.18. The summed E-state index contributed by atoms with van der Waals surface area (Å²) in [5.41, 5.74) is -3.32. The Bertz CT molecular complexity index is 711. The van der Waals surface area contributed by atoms with E-state index in [0.717, 1.165) is 25.0 Å². The number of amides is 1. The number of rotatable bonds is 4. The van der Waals surface area contributed by atoms with Crippen molar-refractivity contribution >= 4 is 11.9 Å². The number of hydrogen-bond donors (Lipinski definition) is 1. The summed E-state index contributed by atoms with van der Waals surface area (Å²) in [6.07, 6.45) is -1.69. The van der Waals surface area contributed by atoms with Crippen LogP contribution < -0.4 is 4.74 Å². The fraction of sp³-hybridized carbons (Fsp3) is 0.579. The standard InChI is InChI=1S/C19H22F3NO4/c1-18(26,19(20,21)22)14-6-8-15(9-7-14)27-17(25)13-3-2-10-23(11-13)16(24)12-4-5-12/h6-9,12-13,26H,2-5,10-11H2,1H3/t13-,18-/m1/s1. The van der Waals surface area contributed by atoms with Crippen molar-refractivity contribution < 1.29 is 32.6 Å². The van der Waals surface area contributed by atoms with Gasteiger partial charge in [0, 0.05) is 19.0 Å². The molecule has 1 aromatic carbocycles. The second-order valence-corrected chi connectivity index (χ2v) is 7.41. The minimum absolute atomic E-state index is 0.0891. The molecule has 2 atom stereocenters. The van der Waals surface area contributed by atoms with Gasteiger partial charge in [-0.3, -0.25) is 9.59 Å². The van der Waals surface area contributed by atoms with E-state index in [1.165, 1.54) is 12.1 Å². The Balaban J connectivity index is 1.61. The lowest BCUT2D eigenvalue weighted by Crippen LogP contribution is -2.44. The zero-order valence-corrected chi connectivity index (χ0v) is 15.0. The average molecular weight is 385 g/mol. The zero-order chi connectivity index (χ0) is 19.8. The second kappa shape index (κ2) is 7.14. The number of esters is 1. The Hall–Kier alpha value is -2.09. The Morgan fingerprint density at radius 2 is 1.74 bits per heavy atom. The molecule has 148 valence electrons. The maximum Gasteiger partial charge on any atom is 0.421 e. The van der Waals surface area contributed by atoms with Crippen molar-refractivity contribution in [2.45, 2.75) is 44.4 Å². The quantitative estimate of drug-likeness (QED) is 0.639. The van der Waals surface area contributed by atoms with Crippen LogP contribution in [0.15, 0.2) is 24.3 Å². The number of aliphatic hydroxyl groups is 1. The molecule has 3 rings (SSSR count). The Morgan fingerprint density at radius 3 is 2.30 bits per heavy atom. The molecule has 1 aliphatic heterocycles. The number of benzene rings is 1. The predicted molar refractivity (Wildman–Crippen MR) is 89.7 cm³/mol. The van der Waals surface area contributed by atoms with E-state index >= 15 is 0 Å². The third-order valence-corrected chi connectivity index (χ3v) is 5.18. The van der Waals surface area contributed by atoms with Gasteiger partial charge in [-0.25, -0.2) is 0 Å². The zero-order valence-electron chi connectivity index (χ0n) is 15.0. The van der Waals surface area contributed by atoms with Crippen LogP contribution in [0.3, 0.4) is 0 Å². The van der Waals surface area contributed by atoms with Gasteiger partial charge in [0.2, 0.25) is 5.91 Å². The number of piperidine rings is 1. The van der Waals surface area contributed by atoms with E-state index in [2.05, 4.69) is 0 Å². The van der Waals surface area contributed by atoms with Crippen LogP contribution >= 0.6 is 0 Å². The average Bonchev–Trinajstić information content (AvgIpc) is 3.46. The molecule has 1 aromatic rings. The van der Waals surface area contributed by atoms with Crippen LogP contribution in [0.4, 0.5) is 13.2 Å². The summed E-state index contributed by atoms with van der Waals surface area (Å²) in [6, 6.07) is 4.62. The van der Waals surface area contributed by atoms with E-state index in [4.69, 9.17) is 4.74 Å². The first-order chi connectivity index (χ1) is 12.6. The van der Waals surface area contributed by atoms with Crippen molar-refractivity contribution in [1.29, 1.82) is 0 Å². The van der Waals surface area contributed by atoms with Crippen LogP contribution in [0.2, 0.25) is 0 Å². The number of likely N-dealkylation sites (tertiary alicyclic amines) is 1. The van der Waals surface area contributed by atoms with Crippen molar-refractivity contribution in [3.8, 4) is 5.75 Å². The van der Waals surface area contributed by atoms with Crippen molar-refractivity contribution in [2.24, 2.45) is 11.8 Å². The number of alkyl halides is 3. The molecule has 1 heterocycles. The predicted octanol–water partition coefficient (Wildman–Crippen LogP) is 3.01. The highest BCUT2D eigenvalue weighted by atomic mass is 19.4. The molecule has 1 N–H and O–H groups in total. The molecule has 0 unspecified atom stereocenters. The van der Waals surface area contributed by atoms with E-state index in [1.807, 2.05) is 0 Å². The summed E-state index contributed by atoms with van der Waals surface area (Å²) in [5.74, 6) is -0.662. The van der Waals surface area contributed by atoms with Gasteiger partial charge in [0.05, 0.1) is 5.92 Å². The molecule has 1 aliphatic carbocycles. The molecule has 2 aliphatic rings. The number of hydrogen-bond acceptors (Lipinski definition) is 4. The summed E-state index contributed by atoms with van der Waals surface area (Å²) in [5, 5.41) is 9.66. The number of carbonyl (C=O) groups excluding carboxylic acids is 2. The normalized spacial score (nSPS) is 22.9. The van der Waals surface area contributed by atoms with Crippen LogP contribution in [0, 0.1) is 11.8 Å². The number of halogens is 3. The number of nitrogens with zero attached hydrogens (tertiary/aromatic N) is 1. The van der Waals surface area contributed by atoms with E-state index in [9.17, 15) is 27.9 Å². The van der Waals surface area contributed by atoms with Gasteiger partial charge < -0.3 is 14.7 Å². The van der Waals surface area contributed by atoms with Crippen molar-refractivity contribution in [3.05, 3.63) is 29.8 Å². The summed E-state index contributed by atoms with van der Waals surface area (Å²) in [7, 11) is 0. The van der Waals surface area contributed by atoms with Crippen LogP contribution in [-0.4, -0.2) is 41.1 Å². The monoisotopic (exact) mass is 385 g/mol. The van der Waals surface area contributed by atoms with Gasteiger partial charge in [0.1, 0.15) is 5.75 Å². The minimum atomic E-state index is -4.81. The lowest BCUT2D eigenvalue weighted by molar-refractivity contribution is -0.258. The first-order valence-electron chi connectivity index (χ1n) is 8.99. The maximum absolute atomic E-state index is 12.9. The number of ether oxygens (including phenoxy) is 1. The first-order valence-corrected chi connectivity index (χ1v) is 8.99. The van der Waals surface area contributed by atoms with Crippen LogP contribution in [0.25, 0.3) is 0 Å². The first kappa shape index (κ1) is 19.7.